The van der Waals surface area contributed by atoms with Gasteiger partial charge >= 0.3 is 12.2 Å². The Balaban J connectivity index is 2.17. The summed E-state index contributed by atoms with van der Waals surface area (Å²) < 4.78 is 49.5. The van der Waals surface area contributed by atoms with Gasteiger partial charge in [0.25, 0.3) is 0 Å². The molecule has 0 saturated heterocycles. The zero-order chi connectivity index (χ0) is 19.6. The highest BCUT2D eigenvalue weighted by Gasteiger charge is 2.76. The minimum atomic E-state index is -4.64. The summed E-state index contributed by atoms with van der Waals surface area (Å²) in [5.41, 5.74) is 0.956. The number of hydrogen-bond acceptors (Lipinski definition) is 4. The maximum atomic E-state index is 14.6. The van der Waals surface area contributed by atoms with Crippen molar-refractivity contribution in [3.63, 3.8) is 0 Å². The number of aromatic nitrogens is 2. The van der Waals surface area contributed by atoms with Gasteiger partial charge in [-0.2, -0.15) is 4.98 Å². The van der Waals surface area contributed by atoms with Gasteiger partial charge in [0, 0.05) is 12.0 Å². The van der Waals surface area contributed by atoms with Crippen LogP contribution in [0.15, 0.2) is 52.6 Å². The summed E-state index contributed by atoms with van der Waals surface area (Å²) in [4.78, 5) is 15.2. The highest BCUT2D eigenvalue weighted by Crippen LogP contribution is 2.62. The van der Waals surface area contributed by atoms with Crippen molar-refractivity contribution in [3.05, 3.63) is 47.5 Å². The Hall–Kier alpha value is -2.26. The fourth-order valence-corrected chi connectivity index (χ4v) is 5.16. The number of carbonyl (C=O) groups excluding carboxylic acids is 1. The summed E-state index contributed by atoms with van der Waals surface area (Å²) in [6, 6.07) is 0. The van der Waals surface area contributed by atoms with Gasteiger partial charge in [-0.3, -0.25) is 4.79 Å². The van der Waals surface area contributed by atoms with Crippen LogP contribution >= 0.6 is 11.8 Å². The van der Waals surface area contributed by atoms with Gasteiger partial charge < -0.3 is 4.74 Å². The Morgan fingerprint density at radius 2 is 2.11 bits per heavy atom. The Bertz CT molecular complexity index is 973. The highest BCUT2D eigenvalue weighted by atomic mass is 32.2. The topological polar surface area (TPSA) is 44.1 Å². The Morgan fingerprint density at radius 1 is 1.37 bits per heavy atom. The van der Waals surface area contributed by atoms with Crippen LogP contribution in [0.25, 0.3) is 5.70 Å². The van der Waals surface area contributed by atoms with Crippen molar-refractivity contribution in [2.45, 2.75) is 37.1 Å². The number of hydrogen-bond donors (Lipinski definition) is 0. The predicted octanol–water partition coefficient (Wildman–Crippen LogP) is 4.38. The smallest absolute Gasteiger partial charge is 0.496 e. The molecule has 3 heterocycles. The molecule has 0 saturated carbocycles. The molecule has 1 spiro atoms. The number of ether oxygens (including phenoxy) is 1. The minimum Gasteiger partial charge on any atom is -0.496 e. The maximum Gasteiger partial charge on any atom is 0.574 e. The van der Waals surface area contributed by atoms with Crippen molar-refractivity contribution >= 4 is 29.0 Å². The third-order valence-electron chi connectivity index (χ3n) is 5.47. The predicted molar refractivity (Wildman–Crippen MR) is 96.9 cm³/mol. The SMILES string of the molecule is COC1=C(C)CC23C=CC=C[N+]2(C(F)(F)F)c2ncc(SC=O)n2C3=C1C. The highest BCUT2D eigenvalue weighted by molar-refractivity contribution is 8.11. The molecule has 9 heteroatoms. The normalized spacial score (nSPS) is 29.0. The largest absolute Gasteiger partial charge is 0.574 e. The van der Waals surface area contributed by atoms with Crippen LogP contribution in [0.2, 0.25) is 0 Å². The van der Waals surface area contributed by atoms with Crippen LogP contribution < -0.4 is 4.48 Å². The van der Waals surface area contributed by atoms with Crippen LogP contribution in [0.5, 0.6) is 0 Å². The first-order chi connectivity index (χ1) is 12.7. The van der Waals surface area contributed by atoms with Gasteiger partial charge in [-0.1, -0.05) is 6.08 Å². The zero-order valence-corrected chi connectivity index (χ0v) is 15.7. The summed E-state index contributed by atoms with van der Waals surface area (Å²) in [5, 5.41) is 0.349. The monoisotopic (exact) mass is 396 g/mol. The second-order valence-electron chi connectivity index (χ2n) is 6.73. The van der Waals surface area contributed by atoms with E-state index in [-0.39, 0.29) is 12.4 Å². The Morgan fingerprint density at radius 3 is 2.74 bits per heavy atom. The van der Waals surface area contributed by atoms with Crippen LogP contribution in [0, 0.1) is 0 Å². The summed E-state index contributed by atoms with van der Waals surface area (Å²) >= 11 is 0.810. The lowest BCUT2D eigenvalue weighted by atomic mass is 9.77. The summed E-state index contributed by atoms with van der Waals surface area (Å²) in [6.45, 7) is 3.54. The zero-order valence-electron chi connectivity index (χ0n) is 14.9. The van der Waals surface area contributed by atoms with E-state index in [4.69, 9.17) is 4.74 Å². The Labute approximate surface area is 158 Å². The van der Waals surface area contributed by atoms with E-state index in [1.54, 1.807) is 26.0 Å². The van der Waals surface area contributed by atoms with E-state index < -0.39 is 16.3 Å². The van der Waals surface area contributed by atoms with Crippen molar-refractivity contribution in [1.29, 1.82) is 0 Å². The number of allylic oxidation sites excluding steroid dienone is 3. The van der Waals surface area contributed by atoms with Crippen molar-refractivity contribution < 1.29 is 22.7 Å². The van der Waals surface area contributed by atoms with Crippen molar-refractivity contribution in [2.24, 2.45) is 0 Å². The number of halogens is 3. The first kappa shape index (κ1) is 18.1. The number of nitrogens with zero attached hydrogens (tertiary/aromatic N) is 3. The molecule has 4 rings (SSSR count). The van der Waals surface area contributed by atoms with Crippen LogP contribution in [0.4, 0.5) is 19.1 Å². The number of rotatable bonds is 3. The standard InChI is InChI=1S/C18H17F3N3O2S/c1-11-8-17-6-4-5-7-24(17,18(19,20)21)16-22-9-13(27-10-25)23(16)15(17)12(2)14(11)26-3/h4-7,9-10H,8H2,1-3H3/q+1. The molecule has 2 unspecified atom stereocenters. The van der Waals surface area contributed by atoms with Crippen LogP contribution in [0.3, 0.4) is 0 Å². The molecule has 5 nitrogen and oxygen atoms in total. The number of alkyl halides is 3. The van der Waals surface area contributed by atoms with Gasteiger partial charge in [-0.15, -0.1) is 17.7 Å². The van der Waals surface area contributed by atoms with Gasteiger partial charge in [-0.25, -0.2) is 4.57 Å². The maximum absolute atomic E-state index is 14.6. The van der Waals surface area contributed by atoms with Gasteiger partial charge in [0.2, 0.25) is 0 Å². The third kappa shape index (κ3) is 1.96. The summed E-state index contributed by atoms with van der Waals surface area (Å²) in [6.07, 6.45) is 2.57. The Kier molecular flexibility index (Phi) is 3.77. The number of carbonyl (C=O) groups is 1. The first-order valence-electron chi connectivity index (χ1n) is 8.22. The lowest BCUT2D eigenvalue weighted by Gasteiger charge is -2.45. The number of thioether (sulfide) groups is 1. The molecule has 3 aliphatic rings. The van der Waals surface area contributed by atoms with Gasteiger partial charge in [0.05, 0.1) is 13.3 Å². The van der Waals surface area contributed by atoms with E-state index in [0.717, 1.165) is 23.5 Å². The number of fused-ring (bicyclic) bond motifs is 3. The van der Waals surface area contributed by atoms with Gasteiger partial charge in [-0.05, 0) is 43.3 Å². The lowest BCUT2D eigenvalue weighted by molar-refractivity contribution is -0.236. The molecule has 0 aromatic carbocycles. The quantitative estimate of drug-likeness (QED) is 0.329. The van der Waals surface area contributed by atoms with Crippen LogP contribution in [0.1, 0.15) is 20.3 Å². The second kappa shape index (κ2) is 5.62. The van der Waals surface area contributed by atoms with E-state index in [2.05, 4.69) is 4.98 Å². The molecular weight excluding hydrogens is 379 g/mol. The number of imidazole rings is 1. The molecule has 0 fully saturated rings. The second-order valence-corrected chi connectivity index (χ2v) is 7.57. The van der Waals surface area contributed by atoms with Gasteiger partial charge in [0.15, 0.2) is 11.2 Å². The molecule has 142 valence electrons. The van der Waals surface area contributed by atoms with E-state index in [0.29, 0.717) is 27.7 Å². The molecule has 0 radical (unpaired) electrons. The lowest BCUT2D eigenvalue weighted by Crippen LogP contribution is -2.68. The molecule has 0 bridgehead atoms. The van der Waals surface area contributed by atoms with Crippen LogP contribution in [-0.2, 0) is 9.53 Å². The van der Waals surface area contributed by atoms with E-state index in [1.165, 1.54) is 23.9 Å². The average Bonchev–Trinajstić information content (AvgIpc) is 3.09. The van der Waals surface area contributed by atoms with Crippen LogP contribution in [-0.4, -0.2) is 34.1 Å². The minimum absolute atomic E-state index is 0.123. The fourth-order valence-electron chi connectivity index (χ4n) is 4.67. The molecule has 0 amide bonds. The van der Waals surface area contributed by atoms with Crippen molar-refractivity contribution in [2.75, 3.05) is 7.11 Å². The number of methoxy groups -OCH3 is 1. The van der Waals surface area contributed by atoms with Crippen molar-refractivity contribution in [1.82, 2.24) is 14.0 Å². The molecular formula is C18H17F3N3O2S+. The fraction of sp³-hybridized carbons (Fsp3) is 0.333. The molecule has 0 N–H and O–H groups in total. The molecule has 1 aromatic heterocycles. The third-order valence-corrected chi connectivity index (χ3v) is 6.10. The van der Waals surface area contributed by atoms with Crippen molar-refractivity contribution in [3.8, 4) is 0 Å². The van der Waals surface area contributed by atoms with E-state index in [9.17, 15) is 18.0 Å². The number of quaternary nitrogens is 1. The van der Waals surface area contributed by atoms with E-state index in [1.807, 2.05) is 0 Å². The molecule has 2 atom stereocenters. The van der Waals surface area contributed by atoms with E-state index >= 15 is 0 Å². The van der Waals surface area contributed by atoms with Gasteiger partial charge in [0.1, 0.15) is 22.7 Å². The summed E-state index contributed by atoms with van der Waals surface area (Å²) in [7, 11) is 1.51. The first-order valence-corrected chi connectivity index (χ1v) is 9.10. The summed E-state index contributed by atoms with van der Waals surface area (Å²) in [5.74, 6) is 0.398. The molecule has 27 heavy (non-hydrogen) atoms. The average molecular weight is 396 g/mol. The molecule has 1 aromatic rings. The molecule has 2 aliphatic heterocycles. The molecule has 1 aliphatic carbocycles.